The van der Waals surface area contributed by atoms with Crippen LogP contribution in [0.1, 0.15) is 54.0 Å². The van der Waals surface area contributed by atoms with Gasteiger partial charge in [0.05, 0.1) is 0 Å². The zero-order valence-electron chi connectivity index (χ0n) is 21.3. The average Bonchev–Trinajstić information content (AvgIpc) is 2.89. The molecule has 0 N–H and O–H groups in total. The van der Waals surface area contributed by atoms with Gasteiger partial charge in [-0.15, -0.1) is 13.2 Å². The van der Waals surface area contributed by atoms with Gasteiger partial charge in [0.25, 0.3) is 0 Å². The Kier molecular flexibility index (Phi) is 8.86. The zero-order chi connectivity index (χ0) is 28.0. The molecule has 0 amide bonds. The summed E-state index contributed by atoms with van der Waals surface area (Å²) in [5.74, 6) is 1.31. The molecule has 0 aliphatic heterocycles. The van der Waals surface area contributed by atoms with Crippen LogP contribution in [-0.2, 0) is 19.3 Å². The second-order valence-electron chi connectivity index (χ2n) is 9.32. The minimum atomic E-state index is -5.22. The Bertz CT molecular complexity index is 1490. The molecule has 0 heterocycles. The van der Waals surface area contributed by atoms with Gasteiger partial charge in [0.1, 0.15) is 5.82 Å². The minimum Gasteiger partial charge on any atom is -0.399 e. The van der Waals surface area contributed by atoms with E-state index in [0.29, 0.717) is 16.3 Å². The summed E-state index contributed by atoms with van der Waals surface area (Å²) in [5, 5.41) is 1.03. The molecule has 4 aromatic carbocycles. The molecule has 4 rings (SSSR count). The van der Waals surface area contributed by atoms with Crippen molar-refractivity contribution in [3.8, 4) is 17.6 Å². The molecule has 0 atom stereocenters. The predicted octanol–water partition coefficient (Wildman–Crippen LogP) is 9.07. The van der Waals surface area contributed by atoms with Gasteiger partial charge in [-0.2, -0.15) is 0 Å². The fraction of sp³-hybridized carbons (Fsp3) is 0.250. The lowest BCUT2D eigenvalue weighted by Gasteiger charge is -2.12. The van der Waals surface area contributed by atoms with Gasteiger partial charge >= 0.3 is 6.36 Å². The quantitative estimate of drug-likeness (QED) is 0.123. The first kappa shape index (κ1) is 28.1. The molecular weight excluding hydrogens is 514 g/mol. The first-order chi connectivity index (χ1) is 18.6. The van der Waals surface area contributed by atoms with Crippen molar-refractivity contribution in [2.24, 2.45) is 0 Å². The minimum absolute atomic E-state index is 0.0174. The second-order valence-corrected chi connectivity index (χ2v) is 9.32. The van der Waals surface area contributed by atoms with E-state index < -0.39 is 29.6 Å². The fourth-order valence-electron chi connectivity index (χ4n) is 4.34. The lowest BCUT2D eigenvalue weighted by atomic mass is 9.99. The Labute approximate surface area is 223 Å². The van der Waals surface area contributed by atoms with E-state index in [1.165, 1.54) is 24.8 Å². The van der Waals surface area contributed by atoms with Crippen molar-refractivity contribution < 1.29 is 31.1 Å². The van der Waals surface area contributed by atoms with Crippen LogP contribution in [0.4, 0.5) is 26.3 Å². The van der Waals surface area contributed by atoms with Crippen LogP contribution in [0.3, 0.4) is 0 Å². The fourth-order valence-corrected chi connectivity index (χ4v) is 4.34. The molecule has 0 spiro atoms. The van der Waals surface area contributed by atoms with Crippen LogP contribution in [-0.4, -0.2) is 6.36 Å². The topological polar surface area (TPSA) is 9.23 Å². The first-order valence-corrected chi connectivity index (χ1v) is 12.7. The predicted molar refractivity (Wildman–Crippen MR) is 140 cm³/mol. The van der Waals surface area contributed by atoms with Crippen molar-refractivity contribution in [1.82, 2.24) is 0 Å². The van der Waals surface area contributed by atoms with Gasteiger partial charge in [-0.3, -0.25) is 0 Å². The zero-order valence-corrected chi connectivity index (χ0v) is 21.3. The van der Waals surface area contributed by atoms with Crippen LogP contribution in [0.5, 0.6) is 5.75 Å². The number of rotatable bonds is 8. The summed E-state index contributed by atoms with van der Waals surface area (Å²) in [7, 11) is 0. The molecule has 0 aliphatic carbocycles. The van der Waals surface area contributed by atoms with Gasteiger partial charge in [-0.05, 0) is 84.2 Å². The largest absolute Gasteiger partial charge is 0.573 e. The van der Waals surface area contributed by atoms with Gasteiger partial charge in [0.15, 0.2) is 11.6 Å². The van der Waals surface area contributed by atoms with Crippen LogP contribution >= 0.6 is 0 Å². The number of halogens is 6. The number of aryl methyl sites for hydroxylation is 3. The van der Waals surface area contributed by atoms with Crippen LogP contribution in [0.2, 0.25) is 0 Å². The Morgan fingerprint density at radius 3 is 2.03 bits per heavy atom. The lowest BCUT2D eigenvalue weighted by Crippen LogP contribution is -2.19. The van der Waals surface area contributed by atoms with E-state index in [2.05, 4.69) is 35.6 Å². The number of unbranched alkanes of at least 4 members (excludes halogenated alkanes) is 2. The molecule has 0 aromatic heterocycles. The molecule has 0 bridgehead atoms. The summed E-state index contributed by atoms with van der Waals surface area (Å²) in [6.45, 7) is 2.18. The summed E-state index contributed by atoms with van der Waals surface area (Å²) in [5.41, 5.74) is 3.31. The van der Waals surface area contributed by atoms with Gasteiger partial charge in [0, 0.05) is 16.5 Å². The number of fused-ring (bicyclic) bond motifs is 1. The third-order valence-electron chi connectivity index (χ3n) is 6.37. The van der Waals surface area contributed by atoms with Gasteiger partial charge < -0.3 is 4.74 Å². The van der Waals surface area contributed by atoms with Crippen molar-refractivity contribution in [1.29, 1.82) is 0 Å². The van der Waals surface area contributed by atoms with Crippen molar-refractivity contribution in [3.05, 3.63) is 112 Å². The van der Waals surface area contributed by atoms with E-state index in [0.717, 1.165) is 29.7 Å². The molecule has 0 saturated heterocycles. The average molecular weight is 541 g/mol. The highest BCUT2D eigenvalue weighted by Gasteiger charge is 2.34. The van der Waals surface area contributed by atoms with Crippen LogP contribution in [0.25, 0.3) is 10.8 Å². The van der Waals surface area contributed by atoms with Gasteiger partial charge in [0.2, 0.25) is 5.75 Å². The summed E-state index contributed by atoms with van der Waals surface area (Å²) >= 11 is 0. The lowest BCUT2D eigenvalue weighted by molar-refractivity contribution is -0.276. The molecule has 0 aliphatic rings. The van der Waals surface area contributed by atoms with Gasteiger partial charge in [-0.25, -0.2) is 13.2 Å². The molecule has 202 valence electrons. The first-order valence-electron chi connectivity index (χ1n) is 12.7. The molecule has 0 radical (unpaired) electrons. The summed E-state index contributed by atoms with van der Waals surface area (Å²) in [6, 6.07) is 18.2. The second kappa shape index (κ2) is 12.3. The maximum absolute atomic E-state index is 15.2. The maximum atomic E-state index is 15.2. The van der Waals surface area contributed by atoms with Crippen LogP contribution < -0.4 is 4.74 Å². The van der Waals surface area contributed by atoms with Crippen LogP contribution in [0, 0.1) is 29.3 Å². The third-order valence-corrected chi connectivity index (χ3v) is 6.37. The summed E-state index contributed by atoms with van der Waals surface area (Å²) in [6.07, 6.45) is -0.492. The van der Waals surface area contributed by atoms with Crippen molar-refractivity contribution in [2.45, 2.75) is 51.8 Å². The van der Waals surface area contributed by atoms with Crippen molar-refractivity contribution >= 4 is 10.8 Å². The van der Waals surface area contributed by atoms with E-state index in [9.17, 15) is 22.0 Å². The SMILES string of the molecule is CCCCCc1ccc(C#Cc2ccc3c(F)c(CCc4cc(F)c(OC(F)(F)F)c(F)c4)ccc3c2)cc1. The van der Waals surface area contributed by atoms with E-state index >= 15 is 4.39 Å². The Hall–Kier alpha value is -3.92. The highest BCUT2D eigenvalue weighted by molar-refractivity contribution is 5.85. The Balaban J connectivity index is 1.45. The van der Waals surface area contributed by atoms with Crippen molar-refractivity contribution in [3.63, 3.8) is 0 Å². The van der Waals surface area contributed by atoms with E-state index in [4.69, 9.17) is 0 Å². The normalized spacial score (nSPS) is 11.4. The molecule has 4 aromatic rings. The van der Waals surface area contributed by atoms with E-state index in [1.54, 1.807) is 30.3 Å². The molecule has 39 heavy (non-hydrogen) atoms. The number of benzene rings is 4. The van der Waals surface area contributed by atoms with Gasteiger partial charge in [-0.1, -0.05) is 61.9 Å². The maximum Gasteiger partial charge on any atom is 0.573 e. The monoisotopic (exact) mass is 540 g/mol. The summed E-state index contributed by atoms with van der Waals surface area (Å²) < 4.78 is 83.6. The Morgan fingerprint density at radius 1 is 0.692 bits per heavy atom. The molecule has 0 unspecified atom stereocenters. The highest BCUT2D eigenvalue weighted by atomic mass is 19.4. The molecule has 7 heteroatoms. The molecular formula is C32H26F6O. The number of hydrogen-bond acceptors (Lipinski definition) is 1. The number of alkyl halides is 3. The van der Waals surface area contributed by atoms with E-state index in [1.807, 2.05) is 12.1 Å². The summed E-state index contributed by atoms with van der Waals surface area (Å²) in [4.78, 5) is 0. The third kappa shape index (κ3) is 7.57. The van der Waals surface area contributed by atoms with E-state index in [-0.39, 0.29) is 18.4 Å². The number of ether oxygens (including phenoxy) is 1. The highest BCUT2D eigenvalue weighted by Crippen LogP contribution is 2.30. The molecule has 1 nitrogen and oxygen atoms in total. The number of hydrogen-bond donors (Lipinski definition) is 0. The standard InChI is InChI=1S/C32H26F6O/c1-2-3-4-5-21-6-8-22(9-7-21)10-11-23-13-17-27-26(18-23)16-15-25(30(27)35)14-12-24-19-28(33)31(29(34)20-24)39-32(36,37)38/h6-9,13,15-20H,2-5,12,14H2,1H3. The molecule has 0 saturated carbocycles. The van der Waals surface area contributed by atoms with Crippen LogP contribution in [0.15, 0.2) is 66.7 Å². The smallest absolute Gasteiger partial charge is 0.399 e. The van der Waals surface area contributed by atoms with Crippen molar-refractivity contribution in [2.75, 3.05) is 0 Å². The molecule has 0 fully saturated rings. The Morgan fingerprint density at radius 2 is 1.36 bits per heavy atom.